The summed E-state index contributed by atoms with van der Waals surface area (Å²) in [5, 5.41) is 1.98. The number of aryl methyl sites for hydroxylation is 1. The van der Waals surface area contributed by atoms with Crippen LogP contribution in [0, 0.1) is 0 Å². The highest BCUT2D eigenvalue weighted by Crippen LogP contribution is 2.36. The Bertz CT molecular complexity index is 961. The SMILES string of the molecule is CCc1ccc(N(CC(=O)Nc2ccc(Cl)cc2C(F)(F)F)S(C)(=O)=O)cc1. The lowest BCUT2D eigenvalue weighted by Gasteiger charge is -2.22. The Morgan fingerprint density at radius 3 is 2.25 bits per heavy atom. The quantitative estimate of drug-likeness (QED) is 0.736. The number of anilines is 2. The van der Waals surface area contributed by atoms with Crippen molar-refractivity contribution in [2.75, 3.05) is 22.4 Å². The lowest BCUT2D eigenvalue weighted by molar-refractivity contribution is -0.137. The first kappa shape index (κ1) is 22.0. The summed E-state index contributed by atoms with van der Waals surface area (Å²) in [5.41, 5.74) is -0.414. The van der Waals surface area contributed by atoms with Crippen LogP contribution in [0.2, 0.25) is 5.02 Å². The summed E-state index contributed by atoms with van der Waals surface area (Å²) >= 11 is 5.61. The molecule has 1 N–H and O–H groups in total. The van der Waals surface area contributed by atoms with Gasteiger partial charge in [-0.3, -0.25) is 9.10 Å². The van der Waals surface area contributed by atoms with Crippen LogP contribution in [0.15, 0.2) is 42.5 Å². The van der Waals surface area contributed by atoms with Gasteiger partial charge in [-0.2, -0.15) is 13.2 Å². The number of carbonyl (C=O) groups excluding carboxylic acids is 1. The Hall–Kier alpha value is -2.26. The molecule has 0 aliphatic heterocycles. The fraction of sp³-hybridized carbons (Fsp3) is 0.278. The predicted molar refractivity (Wildman–Crippen MR) is 103 cm³/mol. The average Bonchev–Trinajstić information content (AvgIpc) is 2.59. The van der Waals surface area contributed by atoms with Crippen LogP contribution in [0.5, 0.6) is 0 Å². The van der Waals surface area contributed by atoms with E-state index in [1.54, 1.807) is 12.1 Å². The van der Waals surface area contributed by atoms with Crippen molar-refractivity contribution in [2.24, 2.45) is 0 Å². The van der Waals surface area contributed by atoms with Gasteiger partial charge in [0.2, 0.25) is 15.9 Å². The number of carbonyl (C=O) groups is 1. The zero-order valence-corrected chi connectivity index (χ0v) is 16.6. The van der Waals surface area contributed by atoms with Crippen LogP contribution in [0.3, 0.4) is 0 Å². The molecule has 0 spiro atoms. The second kappa shape index (κ2) is 8.40. The van der Waals surface area contributed by atoms with Gasteiger partial charge in [-0.1, -0.05) is 30.7 Å². The maximum atomic E-state index is 13.2. The Balaban J connectivity index is 2.28. The minimum Gasteiger partial charge on any atom is -0.324 e. The number of hydrogen-bond acceptors (Lipinski definition) is 3. The first-order chi connectivity index (χ1) is 12.9. The second-order valence-corrected chi connectivity index (χ2v) is 8.37. The van der Waals surface area contributed by atoms with E-state index < -0.39 is 39.9 Å². The Labute approximate surface area is 166 Å². The van der Waals surface area contributed by atoms with Gasteiger partial charge in [0.25, 0.3) is 0 Å². The van der Waals surface area contributed by atoms with Crippen molar-refractivity contribution in [1.29, 1.82) is 0 Å². The van der Waals surface area contributed by atoms with Crippen molar-refractivity contribution < 1.29 is 26.4 Å². The molecule has 28 heavy (non-hydrogen) atoms. The molecule has 2 aromatic carbocycles. The summed E-state index contributed by atoms with van der Waals surface area (Å²) in [4.78, 5) is 12.3. The highest BCUT2D eigenvalue weighted by molar-refractivity contribution is 7.92. The van der Waals surface area contributed by atoms with E-state index in [1.165, 1.54) is 18.2 Å². The number of hydrogen-bond donors (Lipinski definition) is 1. The van der Waals surface area contributed by atoms with E-state index in [9.17, 15) is 26.4 Å². The highest BCUT2D eigenvalue weighted by Gasteiger charge is 2.34. The molecular weight excluding hydrogens is 417 g/mol. The molecule has 0 aromatic heterocycles. The molecule has 2 rings (SSSR count). The molecule has 0 bridgehead atoms. The molecule has 0 aliphatic carbocycles. The molecule has 0 saturated carbocycles. The second-order valence-electron chi connectivity index (χ2n) is 6.03. The molecule has 0 fully saturated rings. The number of sulfonamides is 1. The zero-order chi connectivity index (χ0) is 21.1. The Morgan fingerprint density at radius 1 is 1.14 bits per heavy atom. The molecule has 0 aliphatic rings. The van der Waals surface area contributed by atoms with E-state index in [1.807, 2.05) is 6.92 Å². The van der Waals surface area contributed by atoms with Crippen LogP contribution in [0.25, 0.3) is 0 Å². The number of benzene rings is 2. The molecule has 0 unspecified atom stereocenters. The van der Waals surface area contributed by atoms with Crippen molar-refractivity contribution >= 4 is 38.9 Å². The van der Waals surface area contributed by atoms with E-state index in [4.69, 9.17) is 11.6 Å². The maximum Gasteiger partial charge on any atom is 0.418 e. The summed E-state index contributed by atoms with van der Waals surface area (Å²) in [6, 6.07) is 9.41. The number of nitrogens with zero attached hydrogens (tertiary/aromatic N) is 1. The summed E-state index contributed by atoms with van der Waals surface area (Å²) in [6.07, 6.45) is -3.08. The topological polar surface area (TPSA) is 66.5 Å². The van der Waals surface area contributed by atoms with Crippen LogP contribution in [-0.4, -0.2) is 27.1 Å². The summed E-state index contributed by atoms with van der Waals surface area (Å²) < 4.78 is 64.5. The third-order valence-electron chi connectivity index (χ3n) is 3.88. The van der Waals surface area contributed by atoms with Gasteiger partial charge < -0.3 is 5.32 Å². The largest absolute Gasteiger partial charge is 0.418 e. The minimum absolute atomic E-state index is 0.140. The van der Waals surface area contributed by atoms with Crippen molar-refractivity contribution in [3.05, 3.63) is 58.6 Å². The van der Waals surface area contributed by atoms with Crippen molar-refractivity contribution in [3.8, 4) is 0 Å². The van der Waals surface area contributed by atoms with Gasteiger partial charge >= 0.3 is 6.18 Å². The summed E-state index contributed by atoms with van der Waals surface area (Å²) in [5.74, 6) is -0.919. The lowest BCUT2D eigenvalue weighted by atomic mass is 10.1. The van der Waals surface area contributed by atoms with Crippen molar-refractivity contribution in [1.82, 2.24) is 0 Å². The Kier molecular flexibility index (Phi) is 6.61. The molecule has 0 heterocycles. The first-order valence-electron chi connectivity index (χ1n) is 8.15. The molecule has 10 heteroatoms. The van der Waals surface area contributed by atoms with E-state index in [-0.39, 0.29) is 10.7 Å². The fourth-order valence-corrected chi connectivity index (χ4v) is 3.51. The molecule has 0 radical (unpaired) electrons. The van der Waals surface area contributed by atoms with Crippen molar-refractivity contribution in [3.63, 3.8) is 0 Å². The lowest BCUT2D eigenvalue weighted by Crippen LogP contribution is -2.37. The van der Waals surface area contributed by atoms with Crippen LogP contribution < -0.4 is 9.62 Å². The zero-order valence-electron chi connectivity index (χ0n) is 15.0. The molecular formula is C18H18ClF3N2O3S. The number of halogens is 4. The van der Waals surface area contributed by atoms with Crippen molar-refractivity contribution in [2.45, 2.75) is 19.5 Å². The van der Waals surface area contributed by atoms with Crippen LogP contribution in [-0.2, 0) is 27.4 Å². The van der Waals surface area contributed by atoms with E-state index >= 15 is 0 Å². The standard InChI is InChI=1S/C18H18ClF3N2O3S/c1-3-12-4-7-14(8-5-12)24(28(2,26)27)11-17(25)23-16-9-6-13(19)10-15(16)18(20,21)22/h4-10H,3,11H2,1-2H3,(H,23,25). The van der Waals surface area contributed by atoms with Gasteiger partial charge in [-0.25, -0.2) is 8.42 Å². The summed E-state index contributed by atoms with van der Waals surface area (Å²) in [6.45, 7) is 1.26. The van der Waals surface area contributed by atoms with Crippen LogP contribution >= 0.6 is 11.6 Å². The van der Waals surface area contributed by atoms with Gasteiger partial charge in [0.05, 0.1) is 23.2 Å². The molecule has 0 atom stereocenters. The third kappa shape index (κ3) is 5.62. The monoisotopic (exact) mass is 434 g/mol. The molecule has 2 aromatic rings. The van der Waals surface area contributed by atoms with Gasteiger partial charge in [0.1, 0.15) is 6.54 Å². The molecule has 1 amide bonds. The number of amides is 1. The summed E-state index contributed by atoms with van der Waals surface area (Å²) in [7, 11) is -3.84. The molecule has 0 saturated heterocycles. The normalized spacial score (nSPS) is 11.9. The van der Waals surface area contributed by atoms with Gasteiger partial charge in [0, 0.05) is 5.02 Å². The minimum atomic E-state index is -4.74. The van der Waals surface area contributed by atoms with E-state index in [0.29, 0.717) is 6.07 Å². The van der Waals surface area contributed by atoms with Gasteiger partial charge in [0.15, 0.2) is 0 Å². The predicted octanol–water partition coefficient (Wildman–Crippen LogP) is 4.33. The van der Waals surface area contributed by atoms with Crippen LogP contribution in [0.4, 0.5) is 24.5 Å². The van der Waals surface area contributed by atoms with Crippen LogP contribution in [0.1, 0.15) is 18.1 Å². The van der Waals surface area contributed by atoms with E-state index in [2.05, 4.69) is 5.32 Å². The highest BCUT2D eigenvalue weighted by atomic mass is 35.5. The number of alkyl halides is 3. The van der Waals surface area contributed by atoms with Gasteiger partial charge in [-0.05, 0) is 42.3 Å². The number of rotatable bonds is 6. The average molecular weight is 435 g/mol. The molecule has 5 nitrogen and oxygen atoms in total. The first-order valence-corrected chi connectivity index (χ1v) is 10.4. The molecule has 152 valence electrons. The van der Waals surface area contributed by atoms with Gasteiger partial charge in [-0.15, -0.1) is 0 Å². The Morgan fingerprint density at radius 2 is 1.75 bits per heavy atom. The number of nitrogens with one attached hydrogen (secondary N) is 1. The smallest absolute Gasteiger partial charge is 0.324 e. The fourth-order valence-electron chi connectivity index (χ4n) is 2.48. The van der Waals surface area contributed by atoms with E-state index in [0.717, 1.165) is 28.6 Å². The third-order valence-corrected chi connectivity index (χ3v) is 5.26. The maximum absolute atomic E-state index is 13.2.